The highest BCUT2D eigenvalue weighted by atomic mass is 35.5. The molecule has 3 aromatic rings. The second-order valence-electron chi connectivity index (χ2n) is 5.88. The number of methoxy groups -OCH3 is 1. The minimum Gasteiger partial charge on any atom is -0.465 e. The number of hydrogen-bond donors (Lipinski definition) is 2. The molecule has 0 aliphatic heterocycles. The Bertz CT molecular complexity index is 1050. The van der Waals surface area contributed by atoms with Crippen molar-refractivity contribution in [3.8, 4) is 11.1 Å². The topological polar surface area (TPSA) is 107 Å². The molecular weight excluding hydrogens is 432 g/mol. The van der Waals surface area contributed by atoms with Gasteiger partial charge < -0.3 is 15.8 Å². The molecule has 0 radical (unpaired) electrons. The molecule has 0 aliphatic carbocycles. The number of hydrogen-bond acceptors (Lipinski definition) is 8. The Morgan fingerprint density at radius 3 is 2.72 bits per heavy atom. The van der Waals surface area contributed by atoms with Crippen LogP contribution < -0.4 is 11.1 Å². The number of benzene rings is 1. The Hall–Kier alpha value is -2.62. The van der Waals surface area contributed by atoms with E-state index in [0.717, 1.165) is 17.5 Å². The smallest absolute Gasteiger partial charge is 0.341 e. The van der Waals surface area contributed by atoms with Crippen LogP contribution in [-0.4, -0.2) is 34.7 Å². The number of nitrogen functional groups attached to an aromatic ring is 1. The second-order valence-corrected chi connectivity index (χ2v) is 8.11. The van der Waals surface area contributed by atoms with Crippen molar-refractivity contribution in [3.63, 3.8) is 0 Å². The van der Waals surface area contributed by atoms with Crippen LogP contribution in [0.1, 0.15) is 16.1 Å². The quantitative estimate of drug-likeness (QED) is 0.329. The van der Waals surface area contributed by atoms with Gasteiger partial charge in [-0.2, -0.15) is 0 Å². The molecule has 0 spiro atoms. The number of aryl methyl sites for hydroxylation is 1. The van der Waals surface area contributed by atoms with Crippen LogP contribution in [0.25, 0.3) is 11.1 Å². The number of aromatic nitrogens is 2. The molecule has 10 heteroatoms. The second kappa shape index (κ2) is 9.25. The van der Waals surface area contributed by atoms with Gasteiger partial charge in [-0.25, -0.2) is 14.8 Å². The first-order chi connectivity index (χ1) is 13.9. The summed E-state index contributed by atoms with van der Waals surface area (Å²) < 4.78 is 4.91. The van der Waals surface area contributed by atoms with Gasteiger partial charge >= 0.3 is 5.97 Å². The van der Waals surface area contributed by atoms with Gasteiger partial charge in [0.15, 0.2) is 5.16 Å². The number of carbonyl (C=O) groups excluding carboxylic acids is 2. The van der Waals surface area contributed by atoms with Gasteiger partial charge in [0.25, 0.3) is 0 Å². The van der Waals surface area contributed by atoms with Crippen LogP contribution in [0.15, 0.2) is 40.9 Å². The van der Waals surface area contributed by atoms with Crippen molar-refractivity contribution in [2.45, 2.75) is 12.1 Å². The van der Waals surface area contributed by atoms with Crippen molar-refractivity contribution >= 4 is 57.4 Å². The summed E-state index contributed by atoms with van der Waals surface area (Å²) in [4.78, 5) is 33.1. The Morgan fingerprint density at radius 2 is 2.03 bits per heavy atom. The zero-order valence-electron chi connectivity index (χ0n) is 15.6. The fourth-order valence-corrected chi connectivity index (χ4v) is 4.47. The van der Waals surface area contributed by atoms with Gasteiger partial charge in [-0.15, -0.1) is 11.3 Å². The van der Waals surface area contributed by atoms with Crippen LogP contribution >= 0.6 is 34.7 Å². The summed E-state index contributed by atoms with van der Waals surface area (Å²) in [5.74, 6) is -0.464. The zero-order valence-corrected chi connectivity index (χ0v) is 18.0. The molecule has 7 nitrogen and oxygen atoms in total. The van der Waals surface area contributed by atoms with Crippen molar-refractivity contribution in [2.75, 3.05) is 23.9 Å². The van der Waals surface area contributed by atoms with Gasteiger partial charge in [0.2, 0.25) is 5.91 Å². The van der Waals surface area contributed by atoms with Crippen LogP contribution in [0.5, 0.6) is 0 Å². The lowest BCUT2D eigenvalue weighted by molar-refractivity contribution is -0.113. The maximum Gasteiger partial charge on any atom is 0.341 e. The fraction of sp³-hybridized carbons (Fsp3) is 0.158. The first kappa shape index (κ1) is 21.1. The summed E-state index contributed by atoms with van der Waals surface area (Å²) in [6, 6.07) is 8.81. The maximum absolute atomic E-state index is 12.4. The van der Waals surface area contributed by atoms with E-state index in [1.807, 2.05) is 6.07 Å². The van der Waals surface area contributed by atoms with E-state index in [4.69, 9.17) is 22.1 Å². The fourth-order valence-electron chi connectivity index (χ4n) is 2.55. The number of nitrogens with zero attached hydrogens (tertiary/aromatic N) is 2. The maximum atomic E-state index is 12.4. The number of nitrogens with two attached hydrogens (primary N) is 1. The molecule has 29 heavy (non-hydrogen) atoms. The molecule has 150 valence electrons. The standard InChI is InChI=1S/C19H17ClN4O3S2/c1-10-7-14(21)23-19(22-10)29-9-15(25)24-17-16(18(26)27-2)12(8-28-17)11-5-3-4-6-13(11)20/h3-8H,9H2,1-2H3,(H,24,25)(H2,21,22,23). The summed E-state index contributed by atoms with van der Waals surface area (Å²) in [5.41, 5.74) is 7.97. The average molecular weight is 449 g/mol. The van der Waals surface area contributed by atoms with E-state index in [1.54, 1.807) is 36.6 Å². The van der Waals surface area contributed by atoms with E-state index in [2.05, 4.69) is 15.3 Å². The third kappa shape index (κ3) is 5.06. The summed E-state index contributed by atoms with van der Waals surface area (Å²) in [6.45, 7) is 1.80. The van der Waals surface area contributed by atoms with Gasteiger partial charge in [0.1, 0.15) is 16.4 Å². The average Bonchev–Trinajstić information content (AvgIpc) is 3.08. The Kier molecular flexibility index (Phi) is 6.73. The zero-order chi connectivity index (χ0) is 21.0. The highest BCUT2D eigenvalue weighted by Crippen LogP contribution is 2.39. The van der Waals surface area contributed by atoms with Crippen LogP contribution in [0.4, 0.5) is 10.8 Å². The molecule has 0 bridgehead atoms. The van der Waals surface area contributed by atoms with Crippen LogP contribution in [-0.2, 0) is 9.53 Å². The Morgan fingerprint density at radius 1 is 1.28 bits per heavy atom. The predicted octanol–water partition coefficient (Wildman–Crippen LogP) is 4.27. The third-order valence-corrected chi connectivity index (χ3v) is 5.86. The molecule has 0 aliphatic rings. The minimum atomic E-state index is -0.557. The molecule has 3 rings (SSSR count). The largest absolute Gasteiger partial charge is 0.465 e. The number of esters is 1. The van der Waals surface area contributed by atoms with Crippen molar-refractivity contribution < 1.29 is 14.3 Å². The summed E-state index contributed by atoms with van der Waals surface area (Å²) in [6.07, 6.45) is 0. The van der Waals surface area contributed by atoms with E-state index in [0.29, 0.717) is 32.1 Å². The molecule has 0 atom stereocenters. The molecule has 0 unspecified atom stereocenters. The Balaban J connectivity index is 1.80. The first-order valence-corrected chi connectivity index (χ1v) is 10.6. The Labute approximate surface area is 180 Å². The lowest BCUT2D eigenvalue weighted by atomic mass is 10.0. The number of ether oxygens (including phenoxy) is 1. The molecule has 2 heterocycles. The van der Waals surface area contributed by atoms with Gasteiger partial charge in [-0.3, -0.25) is 4.79 Å². The highest BCUT2D eigenvalue weighted by molar-refractivity contribution is 7.99. The van der Waals surface area contributed by atoms with Crippen molar-refractivity contribution in [2.24, 2.45) is 0 Å². The SMILES string of the molecule is COC(=O)c1c(-c2ccccc2Cl)csc1NC(=O)CSc1nc(C)cc(N)n1. The van der Waals surface area contributed by atoms with Crippen molar-refractivity contribution in [1.29, 1.82) is 0 Å². The van der Waals surface area contributed by atoms with Crippen molar-refractivity contribution in [3.05, 3.63) is 52.0 Å². The third-order valence-electron chi connectivity index (χ3n) is 3.78. The molecule has 0 saturated carbocycles. The summed E-state index contributed by atoms with van der Waals surface area (Å²) in [7, 11) is 1.29. The number of anilines is 2. The molecule has 3 N–H and O–H groups in total. The van der Waals surface area contributed by atoms with E-state index in [1.165, 1.54) is 18.4 Å². The molecule has 0 saturated heterocycles. The number of nitrogens with one attached hydrogen (secondary N) is 1. The number of amides is 1. The monoisotopic (exact) mass is 448 g/mol. The van der Waals surface area contributed by atoms with E-state index >= 15 is 0 Å². The highest BCUT2D eigenvalue weighted by Gasteiger charge is 2.23. The number of thioether (sulfide) groups is 1. The van der Waals surface area contributed by atoms with Gasteiger partial charge in [0, 0.05) is 33.3 Å². The summed E-state index contributed by atoms with van der Waals surface area (Å²) in [5, 5.41) is 5.83. The minimum absolute atomic E-state index is 0.0584. The van der Waals surface area contributed by atoms with E-state index < -0.39 is 5.97 Å². The van der Waals surface area contributed by atoms with Crippen LogP contribution in [0, 0.1) is 6.92 Å². The van der Waals surface area contributed by atoms with E-state index in [-0.39, 0.29) is 17.2 Å². The number of rotatable bonds is 6. The lowest BCUT2D eigenvalue weighted by Crippen LogP contribution is -2.16. The molecule has 1 amide bonds. The predicted molar refractivity (Wildman–Crippen MR) is 117 cm³/mol. The normalized spacial score (nSPS) is 10.6. The number of carbonyl (C=O) groups is 2. The molecular formula is C19H17ClN4O3S2. The number of thiophene rings is 1. The molecule has 1 aromatic carbocycles. The van der Waals surface area contributed by atoms with E-state index in [9.17, 15) is 9.59 Å². The van der Waals surface area contributed by atoms with Gasteiger partial charge in [0.05, 0.1) is 12.9 Å². The van der Waals surface area contributed by atoms with Gasteiger partial charge in [-0.1, -0.05) is 41.6 Å². The molecule has 0 fully saturated rings. The van der Waals surface area contributed by atoms with Gasteiger partial charge in [-0.05, 0) is 13.0 Å². The lowest BCUT2D eigenvalue weighted by Gasteiger charge is -2.08. The molecule has 2 aromatic heterocycles. The summed E-state index contributed by atoms with van der Waals surface area (Å²) >= 11 is 8.66. The number of halogens is 1. The van der Waals surface area contributed by atoms with Crippen molar-refractivity contribution in [1.82, 2.24) is 9.97 Å². The van der Waals surface area contributed by atoms with Crippen LogP contribution in [0.2, 0.25) is 5.02 Å². The van der Waals surface area contributed by atoms with Crippen LogP contribution in [0.3, 0.4) is 0 Å². The first-order valence-electron chi connectivity index (χ1n) is 8.37.